The fourth-order valence-corrected chi connectivity index (χ4v) is 2.50. The third-order valence-corrected chi connectivity index (χ3v) is 3.77. The fraction of sp³-hybridized carbons (Fsp3) is 0.933. The molecule has 0 aromatic carbocycles. The van der Waals surface area contributed by atoms with Gasteiger partial charge in [0.05, 0.1) is 12.6 Å². The van der Waals surface area contributed by atoms with E-state index >= 15 is 0 Å². The Hall–Kier alpha value is -0.0800. The Morgan fingerprint density at radius 3 is 2.19 bits per heavy atom. The van der Waals surface area contributed by atoms with Gasteiger partial charge < -0.3 is 15.8 Å². The smallest absolute Gasteiger partial charge is 0.189 e. The van der Waals surface area contributed by atoms with Gasteiger partial charge in [-0.05, 0) is 47.5 Å². The van der Waals surface area contributed by atoms with Crippen LogP contribution in [0.3, 0.4) is 0 Å². The summed E-state index contributed by atoms with van der Waals surface area (Å²) in [5.41, 5.74) is 5.92. The second-order valence-electron chi connectivity index (χ2n) is 7.31. The largest absolute Gasteiger partial charge is 0.381 e. The van der Waals surface area contributed by atoms with Crippen molar-refractivity contribution in [3.8, 4) is 0 Å². The van der Waals surface area contributed by atoms with E-state index in [0.29, 0.717) is 18.6 Å². The predicted molar refractivity (Wildman–Crippen MR) is 100 cm³/mol. The molecule has 1 saturated heterocycles. The van der Waals surface area contributed by atoms with Crippen LogP contribution >= 0.6 is 24.0 Å². The van der Waals surface area contributed by atoms with Crippen LogP contribution in [0.4, 0.5) is 0 Å². The number of guanidine groups is 1. The van der Waals surface area contributed by atoms with E-state index in [0.717, 1.165) is 25.9 Å². The molecule has 0 bridgehead atoms. The standard InChI is InChI=1S/C15H32N4O.HI/c1-14(2,3)18-13(16)17-11-15(4,5)19-9-7-12(20-6)8-10-19;/h12H,7-11H2,1-6H3,(H3,16,17,18);1H. The van der Waals surface area contributed by atoms with Crippen molar-refractivity contribution in [2.75, 3.05) is 26.7 Å². The number of rotatable bonds is 4. The van der Waals surface area contributed by atoms with Crippen molar-refractivity contribution >= 4 is 29.9 Å². The van der Waals surface area contributed by atoms with Crippen molar-refractivity contribution in [3.05, 3.63) is 0 Å². The van der Waals surface area contributed by atoms with Crippen molar-refractivity contribution in [3.63, 3.8) is 0 Å². The molecular weight excluding hydrogens is 379 g/mol. The molecular formula is C15H33IN4O. The summed E-state index contributed by atoms with van der Waals surface area (Å²) in [5, 5.41) is 3.20. The van der Waals surface area contributed by atoms with Gasteiger partial charge in [-0.1, -0.05) is 0 Å². The van der Waals surface area contributed by atoms with E-state index in [-0.39, 0.29) is 35.1 Å². The molecule has 0 spiro atoms. The third-order valence-electron chi connectivity index (χ3n) is 3.77. The summed E-state index contributed by atoms with van der Waals surface area (Å²) in [6.07, 6.45) is 2.61. The van der Waals surface area contributed by atoms with E-state index in [1.807, 2.05) is 0 Å². The zero-order valence-electron chi connectivity index (χ0n) is 14.4. The number of hydrogen-bond donors (Lipinski definition) is 2. The zero-order chi connectivity index (χ0) is 15.4. The number of piperidine rings is 1. The summed E-state index contributed by atoms with van der Waals surface area (Å²) in [5.74, 6) is 0.525. The van der Waals surface area contributed by atoms with Gasteiger partial charge in [-0.2, -0.15) is 0 Å². The topological polar surface area (TPSA) is 62.9 Å². The third kappa shape index (κ3) is 7.65. The van der Waals surface area contributed by atoms with Gasteiger partial charge >= 0.3 is 0 Å². The number of aliphatic imine (C=N–C) groups is 1. The Morgan fingerprint density at radius 1 is 1.24 bits per heavy atom. The lowest BCUT2D eigenvalue weighted by Crippen LogP contribution is -2.52. The monoisotopic (exact) mass is 412 g/mol. The van der Waals surface area contributed by atoms with Crippen molar-refractivity contribution in [2.24, 2.45) is 10.7 Å². The van der Waals surface area contributed by atoms with Crippen LogP contribution in [0, 0.1) is 0 Å². The highest BCUT2D eigenvalue weighted by Gasteiger charge is 2.30. The Kier molecular flexibility index (Phi) is 8.49. The first-order valence-electron chi connectivity index (χ1n) is 7.50. The first-order chi connectivity index (χ1) is 9.14. The molecule has 0 aliphatic carbocycles. The van der Waals surface area contributed by atoms with Gasteiger partial charge in [-0.25, -0.2) is 0 Å². The highest BCUT2D eigenvalue weighted by atomic mass is 127. The minimum atomic E-state index is -0.0471. The first-order valence-corrected chi connectivity index (χ1v) is 7.50. The van der Waals surface area contributed by atoms with E-state index in [4.69, 9.17) is 10.5 Å². The molecule has 1 aliphatic rings. The van der Waals surface area contributed by atoms with Gasteiger partial charge in [0.25, 0.3) is 0 Å². The van der Waals surface area contributed by atoms with Crippen LogP contribution < -0.4 is 11.1 Å². The molecule has 1 rings (SSSR count). The molecule has 21 heavy (non-hydrogen) atoms. The number of methoxy groups -OCH3 is 1. The molecule has 126 valence electrons. The van der Waals surface area contributed by atoms with E-state index in [1.54, 1.807) is 7.11 Å². The minimum absolute atomic E-state index is 0. The second-order valence-corrected chi connectivity index (χ2v) is 7.31. The lowest BCUT2D eigenvalue weighted by atomic mass is 9.97. The van der Waals surface area contributed by atoms with Gasteiger partial charge in [0, 0.05) is 31.3 Å². The first kappa shape index (κ1) is 20.9. The molecule has 0 aromatic rings. The van der Waals surface area contributed by atoms with E-state index in [9.17, 15) is 0 Å². The Balaban J connectivity index is 0.00000400. The van der Waals surface area contributed by atoms with Gasteiger partial charge in [0.1, 0.15) is 0 Å². The highest BCUT2D eigenvalue weighted by molar-refractivity contribution is 14.0. The van der Waals surface area contributed by atoms with Gasteiger partial charge in [0.2, 0.25) is 0 Å². The Bertz CT molecular complexity index is 331. The Morgan fingerprint density at radius 2 is 1.76 bits per heavy atom. The molecule has 6 heteroatoms. The fourth-order valence-electron chi connectivity index (χ4n) is 2.50. The van der Waals surface area contributed by atoms with Gasteiger partial charge in [-0.15, -0.1) is 24.0 Å². The SMILES string of the molecule is COC1CCN(C(C)(C)CN=C(N)NC(C)(C)C)CC1.I. The van der Waals surface area contributed by atoms with Crippen molar-refractivity contribution in [2.45, 2.75) is 64.6 Å². The van der Waals surface area contributed by atoms with Crippen LogP contribution in [0.2, 0.25) is 0 Å². The molecule has 0 radical (unpaired) electrons. The molecule has 0 atom stereocenters. The lowest BCUT2D eigenvalue weighted by Gasteiger charge is -2.42. The zero-order valence-corrected chi connectivity index (χ0v) is 16.7. The van der Waals surface area contributed by atoms with E-state index in [1.165, 1.54) is 0 Å². The number of halogens is 1. The van der Waals surface area contributed by atoms with Crippen molar-refractivity contribution in [1.82, 2.24) is 10.2 Å². The molecule has 1 aliphatic heterocycles. The maximum atomic E-state index is 5.94. The molecule has 1 fully saturated rings. The summed E-state index contributed by atoms with van der Waals surface area (Å²) in [6, 6.07) is 0. The molecule has 3 N–H and O–H groups in total. The normalized spacial score (nSPS) is 19.2. The van der Waals surface area contributed by atoms with E-state index in [2.05, 4.69) is 49.8 Å². The number of nitrogens with one attached hydrogen (secondary N) is 1. The van der Waals surface area contributed by atoms with Crippen LogP contribution in [0.15, 0.2) is 4.99 Å². The number of nitrogens with zero attached hydrogens (tertiary/aromatic N) is 2. The van der Waals surface area contributed by atoms with E-state index < -0.39 is 0 Å². The maximum Gasteiger partial charge on any atom is 0.189 e. The number of nitrogens with two attached hydrogens (primary N) is 1. The molecule has 0 unspecified atom stereocenters. The Labute approximate surface area is 147 Å². The van der Waals surface area contributed by atoms with Crippen LogP contribution in [0.5, 0.6) is 0 Å². The minimum Gasteiger partial charge on any atom is -0.381 e. The molecule has 0 amide bonds. The van der Waals surface area contributed by atoms with Crippen molar-refractivity contribution in [1.29, 1.82) is 0 Å². The number of hydrogen-bond acceptors (Lipinski definition) is 3. The summed E-state index contributed by atoms with van der Waals surface area (Å²) < 4.78 is 5.42. The van der Waals surface area contributed by atoms with Gasteiger partial charge in [-0.3, -0.25) is 9.89 Å². The summed E-state index contributed by atoms with van der Waals surface area (Å²) >= 11 is 0. The van der Waals surface area contributed by atoms with Crippen LogP contribution in [0.25, 0.3) is 0 Å². The number of likely N-dealkylation sites (tertiary alicyclic amines) is 1. The number of ether oxygens (including phenoxy) is 1. The lowest BCUT2D eigenvalue weighted by molar-refractivity contribution is 0.00909. The van der Waals surface area contributed by atoms with Crippen LogP contribution in [-0.2, 0) is 4.74 Å². The molecule has 1 heterocycles. The molecule has 0 saturated carbocycles. The molecule has 0 aromatic heterocycles. The summed E-state index contributed by atoms with van der Waals surface area (Å²) in [7, 11) is 1.80. The summed E-state index contributed by atoms with van der Waals surface area (Å²) in [4.78, 5) is 6.99. The molecule has 5 nitrogen and oxygen atoms in total. The quantitative estimate of drug-likeness (QED) is 0.422. The van der Waals surface area contributed by atoms with Crippen molar-refractivity contribution < 1.29 is 4.74 Å². The summed E-state index contributed by atoms with van der Waals surface area (Å²) in [6.45, 7) is 13.5. The van der Waals surface area contributed by atoms with Gasteiger partial charge in [0.15, 0.2) is 5.96 Å². The van der Waals surface area contributed by atoms with Crippen LogP contribution in [-0.4, -0.2) is 54.8 Å². The highest BCUT2D eigenvalue weighted by Crippen LogP contribution is 2.22. The average Bonchev–Trinajstić information content (AvgIpc) is 2.35. The maximum absolute atomic E-state index is 5.94. The average molecular weight is 412 g/mol. The van der Waals surface area contributed by atoms with Crippen LogP contribution in [0.1, 0.15) is 47.5 Å². The predicted octanol–water partition coefficient (Wildman–Crippen LogP) is 2.20. The second kappa shape index (κ2) is 8.53.